The highest BCUT2D eigenvalue weighted by Gasteiger charge is 2.19. The van der Waals surface area contributed by atoms with E-state index in [0.29, 0.717) is 4.47 Å². The van der Waals surface area contributed by atoms with Crippen molar-refractivity contribution in [2.24, 2.45) is 0 Å². The van der Waals surface area contributed by atoms with Gasteiger partial charge in [-0.15, -0.1) is 0 Å². The molecular formula is C9H8BrN2O4-. The topological polar surface area (TPSA) is 86.5 Å². The second kappa shape index (κ2) is 4.93. The van der Waals surface area contributed by atoms with E-state index in [1.807, 2.05) is 0 Å². The highest BCUT2D eigenvalue weighted by atomic mass is 79.9. The van der Waals surface area contributed by atoms with Crippen LogP contribution in [0.5, 0.6) is 0 Å². The van der Waals surface area contributed by atoms with Crippen molar-refractivity contribution >= 4 is 33.4 Å². The number of carboxylic acid groups (broad SMARTS) is 1. The number of nitro benzene ring substituents is 1. The molecule has 0 saturated carbocycles. The molecular weight excluding hydrogens is 280 g/mol. The number of benzene rings is 1. The Morgan fingerprint density at radius 3 is 2.62 bits per heavy atom. The third-order valence-electron chi connectivity index (χ3n) is 1.96. The summed E-state index contributed by atoms with van der Waals surface area (Å²) in [7, 11) is 0. The Balaban J connectivity index is 3.31. The van der Waals surface area contributed by atoms with E-state index in [0.717, 1.165) is 4.90 Å². The summed E-state index contributed by atoms with van der Waals surface area (Å²) in [4.78, 5) is 21.7. The van der Waals surface area contributed by atoms with Gasteiger partial charge in [-0.1, -0.05) is 15.9 Å². The number of hydrogen-bond donors (Lipinski definition) is 0. The van der Waals surface area contributed by atoms with Crippen molar-refractivity contribution in [3.8, 4) is 0 Å². The highest BCUT2D eigenvalue weighted by molar-refractivity contribution is 9.10. The molecule has 1 aromatic carbocycles. The molecule has 1 aromatic rings. The molecule has 7 heteroatoms. The summed E-state index contributed by atoms with van der Waals surface area (Å²) < 4.78 is 0.511. The smallest absolute Gasteiger partial charge is 0.294 e. The van der Waals surface area contributed by atoms with Crippen LogP contribution in [0.15, 0.2) is 22.7 Å². The largest absolute Gasteiger partial charge is 0.530 e. The molecule has 6 nitrogen and oxygen atoms in total. The second-order valence-corrected chi connectivity index (χ2v) is 3.82. The van der Waals surface area contributed by atoms with E-state index in [4.69, 9.17) is 0 Å². The van der Waals surface area contributed by atoms with Gasteiger partial charge in [0.25, 0.3) is 5.69 Å². The summed E-state index contributed by atoms with van der Waals surface area (Å²) in [5.74, 6) is 0. The van der Waals surface area contributed by atoms with Crippen molar-refractivity contribution in [2.45, 2.75) is 6.92 Å². The molecule has 0 aliphatic heterocycles. The van der Waals surface area contributed by atoms with Crippen molar-refractivity contribution < 1.29 is 14.8 Å². The van der Waals surface area contributed by atoms with Gasteiger partial charge in [0.15, 0.2) is 0 Å². The normalized spacial score (nSPS) is 9.88. The molecule has 1 amide bonds. The Bertz CT molecular complexity index is 436. The predicted octanol–water partition coefficient (Wildman–Crippen LogP) is 1.53. The fourth-order valence-corrected chi connectivity index (χ4v) is 1.62. The maximum atomic E-state index is 10.8. The van der Waals surface area contributed by atoms with Crippen LogP contribution in [0.1, 0.15) is 6.92 Å². The molecule has 1 rings (SSSR count). The molecule has 0 spiro atoms. The summed E-state index contributed by atoms with van der Waals surface area (Å²) in [6, 6.07) is 4.15. The average molecular weight is 288 g/mol. The Morgan fingerprint density at radius 2 is 2.19 bits per heavy atom. The van der Waals surface area contributed by atoms with Crippen molar-refractivity contribution in [3.63, 3.8) is 0 Å². The summed E-state index contributed by atoms with van der Waals surface area (Å²) >= 11 is 3.09. The number of nitrogens with zero attached hydrogens (tertiary/aromatic N) is 2. The zero-order valence-corrected chi connectivity index (χ0v) is 9.93. The standard InChI is InChI=1S/C9H9BrN2O4/c1-2-11(9(13)14)7-4-3-6(10)5-8(7)12(15)16/h3-5H,2H2,1H3,(H,13,14)/p-1. The predicted molar refractivity (Wildman–Crippen MR) is 59.2 cm³/mol. The van der Waals surface area contributed by atoms with Crippen molar-refractivity contribution in [2.75, 3.05) is 11.4 Å². The van der Waals surface area contributed by atoms with Gasteiger partial charge in [0.05, 0.1) is 4.92 Å². The van der Waals surface area contributed by atoms with Crippen LogP contribution in [0.3, 0.4) is 0 Å². The molecule has 0 unspecified atom stereocenters. The minimum atomic E-state index is -1.46. The Hall–Kier alpha value is -1.63. The van der Waals surface area contributed by atoms with Gasteiger partial charge in [-0.05, 0) is 19.1 Å². The number of carbonyl (C=O) groups excluding carboxylic acids is 1. The van der Waals surface area contributed by atoms with E-state index in [9.17, 15) is 20.0 Å². The van der Waals surface area contributed by atoms with Crippen LogP contribution in [-0.4, -0.2) is 17.6 Å². The first kappa shape index (κ1) is 12.4. The minimum absolute atomic E-state index is 0.00991. The van der Waals surface area contributed by atoms with Gasteiger partial charge in [-0.25, -0.2) is 0 Å². The molecule has 0 fully saturated rings. The van der Waals surface area contributed by atoms with Crippen molar-refractivity contribution in [1.29, 1.82) is 0 Å². The molecule has 0 heterocycles. The zero-order chi connectivity index (χ0) is 12.3. The quantitative estimate of drug-likeness (QED) is 0.623. The molecule has 0 bridgehead atoms. The fourth-order valence-electron chi connectivity index (χ4n) is 1.27. The third-order valence-corrected chi connectivity index (χ3v) is 2.45. The first-order valence-electron chi connectivity index (χ1n) is 4.39. The molecule has 0 radical (unpaired) electrons. The second-order valence-electron chi connectivity index (χ2n) is 2.90. The van der Waals surface area contributed by atoms with Gasteiger partial charge < -0.3 is 14.8 Å². The van der Waals surface area contributed by atoms with Crippen molar-refractivity contribution in [1.82, 2.24) is 0 Å². The Morgan fingerprint density at radius 1 is 1.56 bits per heavy atom. The van der Waals surface area contributed by atoms with Crippen LogP contribution in [0.4, 0.5) is 16.2 Å². The van der Waals surface area contributed by atoms with Gasteiger partial charge >= 0.3 is 0 Å². The van der Waals surface area contributed by atoms with E-state index < -0.39 is 11.0 Å². The number of hydrogen-bond acceptors (Lipinski definition) is 4. The third kappa shape index (κ3) is 2.48. The number of nitro groups is 1. The van der Waals surface area contributed by atoms with E-state index in [-0.39, 0.29) is 17.9 Å². The van der Waals surface area contributed by atoms with Gasteiger partial charge in [-0.3, -0.25) is 10.1 Å². The molecule has 0 N–H and O–H groups in total. The molecule has 0 aliphatic carbocycles. The van der Waals surface area contributed by atoms with Crippen molar-refractivity contribution in [3.05, 3.63) is 32.8 Å². The van der Waals surface area contributed by atoms with Crippen LogP contribution in [0, 0.1) is 10.1 Å². The molecule has 0 saturated heterocycles. The summed E-state index contributed by atoms with van der Waals surface area (Å²) in [6.45, 7) is 1.66. The maximum Gasteiger partial charge on any atom is 0.294 e. The number of anilines is 1. The van der Waals surface area contributed by atoms with Crippen LogP contribution in [0.2, 0.25) is 0 Å². The van der Waals surface area contributed by atoms with Gasteiger partial charge in [-0.2, -0.15) is 0 Å². The minimum Gasteiger partial charge on any atom is -0.530 e. The number of halogens is 1. The lowest BCUT2D eigenvalue weighted by Crippen LogP contribution is -2.41. The highest BCUT2D eigenvalue weighted by Crippen LogP contribution is 2.30. The van der Waals surface area contributed by atoms with Gasteiger partial charge in [0, 0.05) is 17.1 Å². The lowest BCUT2D eigenvalue weighted by molar-refractivity contribution is -0.384. The number of carbonyl (C=O) groups is 1. The van der Waals surface area contributed by atoms with E-state index in [2.05, 4.69) is 15.9 Å². The van der Waals surface area contributed by atoms with Gasteiger partial charge in [0.2, 0.25) is 0 Å². The molecule has 0 atom stereocenters. The first-order valence-corrected chi connectivity index (χ1v) is 5.19. The lowest BCUT2D eigenvalue weighted by atomic mass is 10.2. The zero-order valence-electron chi connectivity index (χ0n) is 8.34. The Kier molecular flexibility index (Phi) is 3.83. The number of rotatable bonds is 3. The van der Waals surface area contributed by atoms with Crippen LogP contribution in [-0.2, 0) is 0 Å². The van der Waals surface area contributed by atoms with Gasteiger partial charge in [0.1, 0.15) is 11.8 Å². The first-order chi connectivity index (χ1) is 7.47. The molecule has 86 valence electrons. The number of amides is 1. The maximum absolute atomic E-state index is 10.8. The summed E-state index contributed by atoms with van der Waals surface area (Å²) in [6.07, 6.45) is -1.46. The van der Waals surface area contributed by atoms with Crippen LogP contribution < -0.4 is 10.0 Å². The monoisotopic (exact) mass is 287 g/mol. The van der Waals surface area contributed by atoms with E-state index >= 15 is 0 Å². The van der Waals surface area contributed by atoms with E-state index in [1.165, 1.54) is 18.2 Å². The summed E-state index contributed by atoms with van der Waals surface area (Å²) in [5.41, 5.74) is -0.267. The molecule has 16 heavy (non-hydrogen) atoms. The lowest BCUT2D eigenvalue weighted by Gasteiger charge is -2.22. The molecule has 0 aromatic heterocycles. The SMILES string of the molecule is CCN(C(=O)[O-])c1ccc(Br)cc1[N+](=O)[O-]. The van der Waals surface area contributed by atoms with Crippen LogP contribution in [0.25, 0.3) is 0 Å². The fraction of sp³-hybridized carbons (Fsp3) is 0.222. The Labute approximate surface area is 99.8 Å². The molecule has 0 aliphatic rings. The summed E-state index contributed by atoms with van der Waals surface area (Å²) in [5, 5.41) is 21.5. The van der Waals surface area contributed by atoms with Crippen LogP contribution >= 0.6 is 15.9 Å². The average Bonchev–Trinajstić information content (AvgIpc) is 2.20. The van der Waals surface area contributed by atoms with E-state index in [1.54, 1.807) is 6.92 Å².